The van der Waals surface area contributed by atoms with Gasteiger partial charge in [-0.3, -0.25) is 4.79 Å². The molecule has 0 atom stereocenters. The third-order valence-electron chi connectivity index (χ3n) is 2.96. The highest BCUT2D eigenvalue weighted by Crippen LogP contribution is 2.21. The van der Waals surface area contributed by atoms with Crippen molar-refractivity contribution in [3.05, 3.63) is 59.1 Å². The number of anilines is 1. The molecule has 0 spiro atoms. The molecule has 2 aromatic carbocycles. The molecule has 0 aliphatic carbocycles. The molecule has 0 heterocycles. The average molecular weight is 348 g/mol. The summed E-state index contributed by atoms with van der Waals surface area (Å²) in [5.74, 6) is -0.246. The van der Waals surface area contributed by atoms with Gasteiger partial charge in [-0.05, 0) is 50.2 Å². The van der Waals surface area contributed by atoms with Gasteiger partial charge in [0, 0.05) is 5.56 Å². The Morgan fingerprint density at radius 3 is 2.38 bits per heavy atom. The lowest BCUT2D eigenvalue weighted by Gasteiger charge is -2.10. The van der Waals surface area contributed by atoms with Gasteiger partial charge in [0.2, 0.25) is 0 Å². The minimum Gasteiger partial charge on any atom is -0.482 e. The first kappa shape index (κ1) is 17.8. The summed E-state index contributed by atoms with van der Waals surface area (Å²) in [6.45, 7) is 3.36. The molecule has 0 aliphatic rings. The minimum atomic E-state index is -0.439. The summed E-state index contributed by atoms with van der Waals surface area (Å²) in [5, 5.41) is 3.20. The molecule has 0 aromatic heterocycles. The van der Waals surface area contributed by atoms with Crippen LogP contribution in [0.25, 0.3) is 0 Å². The zero-order chi connectivity index (χ0) is 17.5. The predicted octanol–water partition coefficient (Wildman–Crippen LogP) is 3.92. The Labute approximate surface area is 145 Å². The highest BCUT2D eigenvalue weighted by atomic mass is 35.5. The first-order chi connectivity index (χ1) is 11.5. The van der Waals surface area contributed by atoms with Gasteiger partial charge in [0.25, 0.3) is 5.91 Å². The van der Waals surface area contributed by atoms with E-state index in [4.69, 9.17) is 21.1 Å². The summed E-state index contributed by atoms with van der Waals surface area (Å²) < 4.78 is 10.3. The highest BCUT2D eigenvalue weighted by molar-refractivity contribution is 6.33. The van der Waals surface area contributed by atoms with Crippen LogP contribution >= 0.6 is 11.6 Å². The zero-order valence-corrected chi connectivity index (χ0v) is 14.2. The summed E-state index contributed by atoms with van der Waals surface area (Å²) in [7, 11) is 0. The van der Waals surface area contributed by atoms with Crippen LogP contribution in [0.3, 0.4) is 0 Å². The zero-order valence-electron chi connectivity index (χ0n) is 13.4. The van der Waals surface area contributed by atoms with Crippen LogP contribution in [-0.2, 0) is 9.53 Å². The summed E-state index contributed by atoms with van der Waals surface area (Å²) in [6.07, 6.45) is -0.183. The van der Waals surface area contributed by atoms with Gasteiger partial charge in [-0.2, -0.15) is 0 Å². The highest BCUT2D eigenvalue weighted by Gasteiger charge is 2.10. The van der Waals surface area contributed by atoms with E-state index in [2.05, 4.69) is 5.32 Å². The number of rotatable bonds is 6. The van der Waals surface area contributed by atoms with E-state index < -0.39 is 5.97 Å². The monoisotopic (exact) mass is 347 g/mol. The van der Waals surface area contributed by atoms with E-state index in [0.29, 0.717) is 22.0 Å². The lowest BCUT2D eigenvalue weighted by Crippen LogP contribution is -2.18. The molecule has 0 fully saturated rings. The largest absolute Gasteiger partial charge is 0.482 e. The van der Waals surface area contributed by atoms with Crippen molar-refractivity contribution in [2.45, 2.75) is 20.0 Å². The molecule has 0 radical (unpaired) electrons. The number of carbonyl (C=O) groups excluding carboxylic acids is 2. The third-order valence-corrected chi connectivity index (χ3v) is 3.29. The molecule has 1 N–H and O–H groups in total. The Bertz CT molecular complexity index is 713. The molecular formula is C18H18ClNO4. The predicted molar refractivity (Wildman–Crippen MR) is 92.6 cm³/mol. The second kappa shape index (κ2) is 8.36. The van der Waals surface area contributed by atoms with Crippen LogP contribution < -0.4 is 10.1 Å². The van der Waals surface area contributed by atoms with E-state index in [1.165, 1.54) is 0 Å². The molecule has 126 valence electrons. The Kier molecular flexibility index (Phi) is 6.21. The molecule has 5 nitrogen and oxygen atoms in total. The number of hydrogen-bond donors (Lipinski definition) is 1. The standard InChI is InChI=1S/C18H18ClNO4/c1-12(2)24-17(21)11-23-14-9-7-13(8-10-14)18(22)20-16-6-4-3-5-15(16)19/h3-10,12H,11H2,1-2H3,(H,20,22). The second-order valence-corrected chi connectivity index (χ2v) is 5.69. The van der Waals surface area contributed by atoms with Gasteiger partial charge >= 0.3 is 5.97 Å². The van der Waals surface area contributed by atoms with Crippen LogP contribution in [0.2, 0.25) is 5.02 Å². The smallest absolute Gasteiger partial charge is 0.344 e. The van der Waals surface area contributed by atoms with Gasteiger partial charge in [-0.1, -0.05) is 23.7 Å². The lowest BCUT2D eigenvalue weighted by molar-refractivity contribution is -0.149. The summed E-state index contributed by atoms with van der Waals surface area (Å²) in [4.78, 5) is 23.6. The van der Waals surface area contributed by atoms with E-state index in [0.717, 1.165) is 0 Å². The number of carbonyl (C=O) groups is 2. The lowest BCUT2D eigenvalue weighted by atomic mass is 10.2. The van der Waals surface area contributed by atoms with E-state index in [-0.39, 0.29) is 18.6 Å². The molecule has 0 saturated heterocycles. The summed E-state index contributed by atoms with van der Waals surface area (Å²) in [6, 6.07) is 13.4. The van der Waals surface area contributed by atoms with Crippen LogP contribution in [0.15, 0.2) is 48.5 Å². The Morgan fingerprint density at radius 2 is 1.75 bits per heavy atom. The second-order valence-electron chi connectivity index (χ2n) is 5.29. The first-order valence-electron chi connectivity index (χ1n) is 7.44. The maximum Gasteiger partial charge on any atom is 0.344 e. The van der Waals surface area contributed by atoms with Gasteiger partial charge in [0.1, 0.15) is 5.75 Å². The van der Waals surface area contributed by atoms with E-state index in [9.17, 15) is 9.59 Å². The fraction of sp³-hybridized carbons (Fsp3) is 0.222. The molecule has 24 heavy (non-hydrogen) atoms. The number of ether oxygens (including phenoxy) is 2. The molecule has 2 aromatic rings. The molecule has 0 aliphatic heterocycles. The van der Waals surface area contributed by atoms with Crippen LogP contribution in [0, 0.1) is 0 Å². The van der Waals surface area contributed by atoms with E-state index in [1.807, 2.05) is 0 Å². The number of esters is 1. The fourth-order valence-corrected chi connectivity index (χ4v) is 2.08. The Morgan fingerprint density at radius 1 is 1.08 bits per heavy atom. The van der Waals surface area contributed by atoms with Crippen molar-refractivity contribution in [3.8, 4) is 5.75 Å². The number of halogens is 1. The third kappa shape index (κ3) is 5.28. The normalized spacial score (nSPS) is 10.3. The van der Waals surface area contributed by atoms with Crippen molar-refractivity contribution < 1.29 is 19.1 Å². The number of nitrogens with one attached hydrogen (secondary N) is 1. The van der Waals surface area contributed by atoms with Gasteiger partial charge in [0.05, 0.1) is 16.8 Å². The number of benzene rings is 2. The van der Waals surface area contributed by atoms with Crippen molar-refractivity contribution in [1.29, 1.82) is 0 Å². The van der Waals surface area contributed by atoms with Crippen molar-refractivity contribution in [3.63, 3.8) is 0 Å². The summed E-state index contributed by atoms with van der Waals surface area (Å²) in [5.41, 5.74) is 0.993. The molecule has 1 amide bonds. The molecule has 6 heteroatoms. The molecule has 0 saturated carbocycles. The maximum absolute atomic E-state index is 12.2. The van der Waals surface area contributed by atoms with Crippen molar-refractivity contribution in [2.75, 3.05) is 11.9 Å². The minimum absolute atomic E-state index is 0.177. The molecule has 0 unspecified atom stereocenters. The molecule has 0 bridgehead atoms. The number of para-hydroxylation sites is 1. The van der Waals surface area contributed by atoms with Crippen molar-refractivity contribution in [1.82, 2.24) is 0 Å². The van der Waals surface area contributed by atoms with E-state index in [1.54, 1.807) is 62.4 Å². The topological polar surface area (TPSA) is 64.6 Å². The van der Waals surface area contributed by atoms with Gasteiger partial charge in [-0.15, -0.1) is 0 Å². The summed E-state index contributed by atoms with van der Waals surface area (Å²) >= 11 is 6.01. The number of hydrogen-bond acceptors (Lipinski definition) is 4. The SMILES string of the molecule is CC(C)OC(=O)COc1ccc(C(=O)Nc2ccccc2Cl)cc1. The Balaban J connectivity index is 1.93. The van der Waals surface area contributed by atoms with Gasteiger partial charge < -0.3 is 14.8 Å². The Hall–Kier alpha value is -2.53. The van der Waals surface area contributed by atoms with Crippen molar-refractivity contribution in [2.24, 2.45) is 0 Å². The van der Waals surface area contributed by atoms with Gasteiger partial charge in [-0.25, -0.2) is 4.79 Å². The number of amides is 1. The quantitative estimate of drug-likeness (QED) is 0.804. The van der Waals surface area contributed by atoms with Gasteiger partial charge in [0.15, 0.2) is 6.61 Å². The fourth-order valence-electron chi connectivity index (χ4n) is 1.90. The van der Waals surface area contributed by atoms with E-state index >= 15 is 0 Å². The average Bonchev–Trinajstić information content (AvgIpc) is 2.55. The maximum atomic E-state index is 12.2. The first-order valence-corrected chi connectivity index (χ1v) is 7.81. The van der Waals surface area contributed by atoms with Crippen LogP contribution in [0.4, 0.5) is 5.69 Å². The van der Waals surface area contributed by atoms with Crippen LogP contribution in [0.1, 0.15) is 24.2 Å². The molecule has 2 rings (SSSR count). The molecular weight excluding hydrogens is 330 g/mol. The van der Waals surface area contributed by atoms with Crippen LogP contribution in [-0.4, -0.2) is 24.6 Å². The van der Waals surface area contributed by atoms with Crippen LogP contribution in [0.5, 0.6) is 5.75 Å². The van der Waals surface area contributed by atoms with Crippen molar-refractivity contribution >= 4 is 29.2 Å².